The van der Waals surface area contributed by atoms with Gasteiger partial charge in [-0.15, -0.1) is 0 Å². The number of sulfonamides is 1. The first-order valence-corrected chi connectivity index (χ1v) is 9.09. The lowest BCUT2D eigenvalue weighted by molar-refractivity contribution is 0.372. The molecule has 2 rings (SSSR count). The minimum absolute atomic E-state index is 0.141. The van der Waals surface area contributed by atoms with E-state index < -0.39 is 10.0 Å². The van der Waals surface area contributed by atoms with Crippen molar-refractivity contribution >= 4 is 26.0 Å². The third-order valence-electron chi connectivity index (χ3n) is 3.38. The molecule has 2 N–H and O–H groups in total. The Labute approximate surface area is 128 Å². The van der Waals surface area contributed by atoms with Gasteiger partial charge in [0.25, 0.3) is 0 Å². The van der Waals surface area contributed by atoms with Crippen molar-refractivity contribution in [3.63, 3.8) is 0 Å². The van der Waals surface area contributed by atoms with E-state index in [1.165, 1.54) is 6.07 Å². The van der Waals surface area contributed by atoms with E-state index in [9.17, 15) is 8.42 Å². The second kappa shape index (κ2) is 6.17. The summed E-state index contributed by atoms with van der Waals surface area (Å²) in [5, 5.41) is 0. The predicted octanol–water partition coefficient (Wildman–Crippen LogP) is 2.70. The fraction of sp³-hybridized carbons (Fsp3) is 0.692. The summed E-state index contributed by atoms with van der Waals surface area (Å²) in [5.74, 6) is 0.939. The molecule has 1 aromatic rings. The van der Waals surface area contributed by atoms with Gasteiger partial charge in [-0.25, -0.2) is 8.42 Å². The SMILES string of the molecule is CC(C)CCN(C1CC1)S(=O)(=O)c1cc(CN)oc1Br. The van der Waals surface area contributed by atoms with E-state index in [1.807, 2.05) is 0 Å². The summed E-state index contributed by atoms with van der Waals surface area (Å²) in [5.41, 5.74) is 5.50. The number of rotatable bonds is 7. The highest BCUT2D eigenvalue weighted by Gasteiger charge is 2.39. The van der Waals surface area contributed by atoms with Crippen molar-refractivity contribution in [2.24, 2.45) is 11.7 Å². The maximum absolute atomic E-state index is 12.8. The van der Waals surface area contributed by atoms with Gasteiger partial charge in [0.1, 0.15) is 10.7 Å². The quantitative estimate of drug-likeness (QED) is 0.806. The number of nitrogens with zero attached hydrogens (tertiary/aromatic N) is 1. The molecule has 0 aliphatic heterocycles. The van der Waals surface area contributed by atoms with Crippen molar-refractivity contribution in [3.05, 3.63) is 16.5 Å². The van der Waals surface area contributed by atoms with Crippen LogP contribution in [0, 0.1) is 5.92 Å². The highest BCUT2D eigenvalue weighted by molar-refractivity contribution is 9.10. The van der Waals surface area contributed by atoms with Gasteiger partial charge in [-0.1, -0.05) is 13.8 Å². The van der Waals surface area contributed by atoms with Gasteiger partial charge in [0, 0.05) is 18.7 Å². The Morgan fingerprint density at radius 1 is 1.50 bits per heavy atom. The molecule has 0 saturated heterocycles. The van der Waals surface area contributed by atoms with E-state index in [2.05, 4.69) is 29.8 Å². The van der Waals surface area contributed by atoms with Crippen LogP contribution in [0.2, 0.25) is 0 Å². The van der Waals surface area contributed by atoms with E-state index in [0.717, 1.165) is 19.3 Å². The number of halogens is 1. The standard InChI is InChI=1S/C13H21BrN2O3S/c1-9(2)5-6-16(10-3-4-10)20(17,18)12-7-11(8-15)19-13(12)14/h7,9-10H,3-6,8,15H2,1-2H3. The largest absolute Gasteiger partial charge is 0.452 e. The van der Waals surface area contributed by atoms with Crippen LogP contribution in [0.1, 0.15) is 38.9 Å². The highest BCUT2D eigenvalue weighted by atomic mass is 79.9. The molecular formula is C13H21BrN2O3S. The second-order valence-electron chi connectivity index (χ2n) is 5.58. The maximum Gasteiger partial charge on any atom is 0.247 e. The summed E-state index contributed by atoms with van der Waals surface area (Å²) in [4.78, 5) is 0.189. The summed E-state index contributed by atoms with van der Waals surface area (Å²) in [6.07, 6.45) is 2.74. The van der Waals surface area contributed by atoms with E-state index in [-0.39, 0.29) is 22.2 Å². The lowest BCUT2D eigenvalue weighted by Gasteiger charge is -2.22. The number of nitrogens with two attached hydrogens (primary N) is 1. The molecule has 0 bridgehead atoms. The minimum atomic E-state index is -3.52. The van der Waals surface area contributed by atoms with Gasteiger partial charge in [-0.05, 0) is 41.1 Å². The monoisotopic (exact) mass is 364 g/mol. The molecule has 7 heteroatoms. The molecule has 0 aromatic carbocycles. The van der Waals surface area contributed by atoms with Gasteiger partial charge in [0.15, 0.2) is 4.67 Å². The van der Waals surface area contributed by atoms with Crippen molar-refractivity contribution < 1.29 is 12.8 Å². The van der Waals surface area contributed by atoms with Crippen molar-refractivity contribution in [2.45, 2.75) is 50.6 Å². The predicted molar refractivity (Wildman–Crippen MR) is 80.7 cm³/mol. The molecule has 20 heavy (non-hydrogen) atoms. The van der Waals surface area contributed by atoms with Crippen LogP contribution in [0.15, 0.2) is 20.0 Å². The van der Waals surface area contributed by atoms with Crippen molar-refractivity contribution in [1.29, 1.82) is 0 Å². The Bertz CT molecular complexity index is 564. The van der Waals surface area contributed by atoms with Crippen molar-refractivity contribution in [3.8, 4) is 0 Å². The van der Waals surface area contributed by atoms with Crippen LogP contribution in [-0.4, -0.2) is 25.3 Å². The third kappa shape index (κ3) is 3.44. The average molecular weight is 365 g/mol. The molecule has 5 nitrogen and oxygen atoms in total. The van der Waals surface area contributed by atoms with Crippen LogP contribution in [0.25, 0.3) is 0 Å². The van der Waals surface area contributed by atoms with Gasteiger partial charge < -0.3 is 10.2 Å². The zero-order valence-electron chi connectivity index (χ0n) is 11.8. The summed E-state index contributed by atoms with van der Waals surface area (Å²) in [7, 11) is -3.52. The molecular weight excluding hydrogens is 344 g/mol. The Morgan fingerprint density at radius 2 is 2.15 bits per heavy atom. The average Bonchev–Trinajstić information content (AvgIpc) is 3.10. The summed E-state index contributed by atoms with van der Waals surface area (Å²) in [6.45, 7) is 4.93. The first-order chi connectivity index (χ1) is 9.36. The Balaban J connectivity index is 2.27. The van der Waals surface area contributed by atoms with Crippen LogP contribution in [0.5, 0.6) is 0 Å². The smallest absolute Gasteiger partial charge is 0.247 e. The van der Waals surface area contributed by atoms with E-state index in [4.69, 9.17) is 10.2 Å². The molecule has 0 radical (unpaired) electrons. The highest BCUT2D eigenvalue weighted by Crippen LogP contribution is 2.36. The normalized spacial score (nSPS) is 16.3. The lowest BCUT2D eigenvalue weighted by atomic mass is 10.1. The summed E-state index contributed by atoms with van der Waals surface area (Å²) >= 11 is 3.18. The van der Waals surface area contributed by atoms with Gasteiger partial charge in [0.05, 0.1) is 6.54 Å². The maximum atomic E-state index is 12.8. The topological polar surface area (TPSA) is 76.5 Å². The number of hydrogen-bond donors (Lipinski definition) is 1. The van der Waals surface area contributed by atoms with Crippen LogP contribution in [0.4, 0.5) is 0 Å². The first-order valence-electron chi connectivity index (χ1n) is 6.86. The molecule has 1 saturated carbocycles. The van der Waals surface area contributed by atoms with Gasteiger partial charge in [0.2, 0.25) is 10.0 Å². The van der Waals surface area contributed by atoms with Crippen LogP contribution in [0.3, 0.4) is 0 Å². The zero-order chi connectivity index (χ0) is 14.9. The Hall–Kier alpha value is -0.370. The molecule has 1 aliphatic rings. The van der Waals surface area contributed by atoms with E-state index >= 15 is 0 Å². The van der Waals surface area contributed by atoms with E-state index in [0.29, 0.717) is 18.2 Å². The molecule has 0 amide bonds. The fourth-order valence-corrected chi connectivity index (χ4v) is 4.71. The molecule has 114 valence electrons. The number of furan rings is 1. The van der Waals surface area contributed by atoms with Crippen molar-refractivity contribution in [1.82, 2.24) is 4.31 Å². The third-order valence-corrected chi connectivity index (χ3v) is 6.18. The Kier molecular flexibility index (Phi) is 4.94. The molecule has 0 spiro atoms. The molecule has 1 aromatic heterocycles. The second-order valence-corrected chi connectivity index (χ2v) is 8.16. The van der Waals surface area contributed by atoms with Crippen LogP contribution >= 0.6 is 15.9 Å². The molecule has 0 atom stereocenters. The van der Waals surface area contributed by atoms with Gasteiger partial charge in [-0.2, -0.15) is 4.31 Å². The van der Waals surface area contributed by atoms with Gasteiger partial charge >= 0.3 is 0 Å². The van der Waals surface area contributed by atoms with Crippen molar-refractivity contribution in [2.75, 3.05) is 6.54 Å². The Morgan fingerprint density at radius 3 is 2.60 bits per heavy atom. The van der Waals surface area contributed by atoms with Crippen LogP contribution < -0.4 is 5.73 Å². The summed E-state index contributed by atoms with van der Waals surface area (Å²) < 4.78 is 32.7. The summed E-state index contributed by atoms with van der Waals surface area (Å²) in [6, 6.07) is 1.66. The molecule has 1 aliphatic carbocycles. The van der Waals surface area contributed by atoms with Gasteiger partial charge in [-0.3, -0.25) is 0 Å². The first kappa shape index (κ1) is 16.0. The molecule has 1 heterocycles. The number of hydrogen-bond acceptors (Lipinski definition) is 4. The molecule has 1 fully saturated rings. The molecule has 0 unspecified atom stereocenters. The fourth-order valence-electron chi connectivity index (χ4n) is 2.05. The minimum Gasteiger partial charge on any atom is -0.452 e. The van der Waals surface area contributed by atoms with E-state index in [1.54, 1.807) is 4.31 Å². The van der Waals surface area contributed by atoms with Crippen LogP contribution in [-0.2, 0) is 16.6 Å². The zero-order valence-corrected chi connectivity index (χ0v) is 14.2. The lowest BCUT2D eigenvalue weighted by Crippen LogP contribution is -2.34.